The largest absolute Gasteiger partial charge is 0.357 e. The number of hydrogen-bond acceptors (Lipinski definition) is 3. The van der Waals surface area contributed by atoms with E-state index in [2.05, 4.69) is 36.7 Å². The average Bonchev–Trinajstić information content (AvgIpc) is 2.86. The number of hydrogen-bond donors (Lipinski definition) is 3. The Hall–Kier alpha value is -1.10. The highest BCUT2D eigenvalue weighted by atomic mass is 16.2. The Bertz CT molecular complexity index is 336. The molecule has 0 aromatic heterocycles. The molecule has 5 heteroatoms. The van der Waals surface area contributed by atoms with E-state index in [1.165, 1.54) is 0 Å². The summed E-state index contributed by atoms with van der Waals surface area (Å²) >= 11 is 0. The van der Waals surface area contributed by atoms with E-state index < -0.39 is 6.04 Å². The lowest BCUT2D eigenvalue weighted by atomic mass is 9.81. The molecule has 1 aliphatic heterocycles. The number of carbonyl (C=O) groups is 2. The van der Waals surface area contributed by atoms with E-state index >= 15 is 0 Å². The second kappa shape index (κ2) is 7.62. The number of likely N-dealkylation sites (N-methyl/N-ethyl adjacent to an activating group) is 1. The standard InChI is InChI=1S/C15H29N3O2/c1-5-6-15(7-8-17-10-15)14(20)18-12(9-11(2)3)13(19)16-4/h11-12,17H,5-10H2,1-4H3,(H,16,19)(H,18,20). The lowest BCUT2D eigenvalue weighted by Gasteiger charge is -2.29. The molecule has 0 aromatic rings. The van der Waals surface area contributed by atoms with Crippen LogP contribution in [0.5, 0.6) is 0 Å². The Morgan fingerprint density at radius 3 is 2.50 bits per heavy atom. The molecular weight excluding hydrogens is 254 g/mol. The van der Waals surface area contributed by atoms with E-state index in [4.69, 9.17) is 0 Å². The van der Waals surface area contributed by atoms with Crippen LogP contribution in [0.2, 0.25) is 0 Å². The van der Waals surface area contributed by atoms with E-state index in [1.54, 1.807) is 7.05 Å². The van der Waals surface area contributed by atoms with Gasteiger partial charge in [-0.05, 0) is 31.7 Å². The molecule has 0 aromatic carbocycles. The highest BCUT2D eigenvalue weighted by molar-refractivity contribution is 5.90. The number of amides is 2. The van der Waals surface area contributed by atoms with E-state index in [0.29, 0.717) is 12.3 Å². The van der Waals surface area contributed by atoms with Crippen molar-refractivity contribution in [1.82, 2.24) is 16.0 Å². The van der Waals surface area contributed by atoms with Gasteiger partial charge in [-0.1, -0.05) is 27.2 Å². The SMILES string of the molecule is CCCC1(C(=O)NC(CC(C)C)C(=O)NC)CCNC1. The van der Waals surface area contributed by atoms with Gasteiger partial charge in [0.2, 0.25) is 11.8 Å². The molecule has 0 aliphatic carbocycles. The van der Waals surface area contributed by atoms with Gasteiger partial charge in [-0.3, -0.25) is 9.59 Å². The van der Waals surface area contributed by atoms with Crippen LogP contribution in [-0.4, -0.2) is 38.0 Å². The van der Waals surface area contributed by atoms with Crippen LogP contribution in [0.25, 0.3) is 0 Å². The maximum Gasteiger partial charge on any atom is 0.242 e. The highest BCUT2D eigenvalue weighted by Gasteiger charge is 2.41. The van der Waals surface area contributed by atoms with Crippen LogP contribution in [0.4, 0.5) is 0 Å². The Kier molecular flexibility index (Phi) is 6.46. The molecule has 0 radical (unpaired) electrons. The predicted molar refractivity (Wildman–Crippen MR) is 80.3 cm³/mol. The molecule has 1 heterocycles. The van der Waals surface area contributed by atoms with E-state index in [-0.39, 0.29) is 17.2 Å². The van der Waals surface area contributed by atoms with E-state index in [9.17, 15) is 9.59 Å². The molecule has 2 unspecified atom stereocenters. The van der Waals surface area contributed by atoms with Gasteiger partial charge in [0.25, 0.3) is 0 Å². The van der Waals surface area contributed by atoms with Gasteiger partial charge in [0, 0.05) is 13.6 Å². The van der Waals surface area contributed by atoms with Gasteiger partial charge in [-0.15, -0.1) is 0 Å². The molecule has 116 valence electrons. The van der Waals surface area contributed by atoms with Crippen LogP contribution in [0.15, 0.2) is 0 Å². The fourth-order valence-electron chi connectivity index (χ4n) is 2.93. The predicted octanol–water partition coefficient (Wildman–Crippen LogP) is 1.04. The molecular formula is C15H29N3O2. The normalized spacial score (nSPS) is 23.6. The van der Waals surface area contributed by atoms with Gasteiger partial charge in [0.05, 0.1) is 5.41 Å². The third-order valence-electron chi connectivity index (χ3n) is 4.03. The van der Waals surface area contributed by atoms with Gasteiger partial charge in [-0.2, -0.15) is 0 Å². The summed E-state index contributed by atoms with van der Waals surface area (Å²) < 4.78 is 0. The molecule has 1 rings (SSSR count). The zero-order chi connectivity index (χ0) is 15.2. The van der Waals surface area contributed by atoms with Gasteiger partial charge >= 0.3 is 0 Å². The Balaban J connectivity index is 2.75. The first-order valence-corrected chi connectivity index (χ1v) is 7.68. The Labute approximate surface area is 122 Å². The molecule has 2 atom stereocenters. The van der Waals surface area contributed by atoms with Crippen LogP contribution in [0, 0.1) is 11.3 Å². The van der Waals surface area contributed by atoms with Crippen molar-refractivity contribution in [2.24, 2.45) is 11.3 Å². The third-order valence-corrected chi connectivity index (χ3v) is 4.03. The molecule has 0 bridgehead atoms. The summed E-state index contributed by atoms with van der Waals surface area (Å²) in [5.74, 6) is 0.282. The highest BCUT2D eigenvalue weighted by Crippen LogP contribution is 2.31. The first-order valence-electron chi connectivity index (χ1n) is 7.68. The average molecular weight is 283 g/mol. The molecule has 1 aliphatic rings. The summed E-state index contributed by atoms with van der Waals surface area (Å²) in [7, 11) is 1.61. The van der Waals surface area contributed by atoms with Crippen molar-refractivity contribution < 1.29 is 9.59 Å². The first kappa shape index (κ1) is 17.0. The number of rotatable bonds is 7. The Morgan fingerprint density at radius 2 is 2.05 bits per heavy atom. The van der Waals surface area contributed by atoms with E-state index in [0.717, 1.165) is 32.4 Å². The van der Waals surface area contributed by atoms with Gasteiger partial charge in [-0.25, -0.2) is 0 Å². The fourth-order valence-corrected chi connectivity index (χ4v) is 2.93. The molecule has 0 saturated carbocycles. The van der Waals surface area contributed by atoms with Crippen molar-refractivity contribution in [2.75, 3.05) is 20.1 Å². The Morgan fingerprint density at radius 1 is 1.35 bits per heavy atom. The van der Waals surface area contributed by atoms with Crippen molar-refractivity contribution in [2.45, 2.75) is 52.5 Å². The molecule has 20 heavy (non-hydrogen) atoms. The molecule has 0 spiro atoms. The summed E-state index contributed by atoms with van der Waals surface area (Å²) in [6, 6.07) is -0.429. The van der Waals surface area contributed by atoms with Crippen molar-refractivity contribution in [3.63, 3.8) is 0 Å². The summed E-state index contributed by atoms with van der Waals surface area (Å²) in [4.78, 5) is 24.6. The second-order valence-electron chi connectivity index (χ2n) is 6.23. The summed E-state index contributed by atoms with van der Waals surface area (Å²) in [6.07, 6.45) is 3.37. The van der Waals surface area contributed by atoms with Gasteiger partial charge in [0.1, 0.15) is 6.04 Å². The molecule has 5 nitrogen and oxygen atoms in total. The third kappa shape index (κ3) is 4.20. The molecule has 2 amide bonds. The van der Waals surface area contributed by atoms with Crippen LogP contribution < -0.4 is 16.0 Å². The number of nitrogens with one attached hydrogen (secondary N) is 3. The maximum absolute atomic E-state index is 12.6. The van der Waals surface area contributed by atoms with Crippen molar-refractivity contribution in [1.29, 1.82) is 0 Å². The van der Waals surface area contributed by atoms with Crippen molar-refractivity contribution in [3.05, 3.63) is 0 Å². The minimum Gasteiger partial charge on any atom is -0.357 e. The smallest absolute Gasteiger partial charge is 0.242 e. The molecule has 1 fully saturated rings. The lowest BCUT2D eigenvalue weighted by Crippen LogP contribution is -2.52. The maximum atomic E-state index is 12.6. The van der Waals surface area contributed by atoms with Crippen LogP contribution in [0.1, 0.15) is 46.5 Å². The first-order chi connectivity index (χ1) is 9.45. The van der Waals surface area contributed by atoms with Gasteiger partial charge < -0.3 is 16.0 Å². The minimum absolute atomic E-state index is 0.0265. The zero-order valence-corrected chi connectivity index (χ0v) is 13.2. The summed E-state index contributed by atoms with van der Waals surface area (Å²) in [5, 5.41) is 8.89. The van der Waals surface area contributed by atoms with Crippen molar-refractivity contribution in [3.8, 4) is 0 Å². The van der Waals surface area contributed by atoms with Crippen LogP contribution >= 0.6 is 0 Å². The molecule has 3 N–H and O–H groups in total. The monoisotopic (exact) mass is 283 g/mol. The van der Waals surface area contributed by atoms with Crippen molar-refractivity contribution >= 4 is 11.8 Å². The molecule has 1 saturated heterocycles. The summed E-state index contributed by atoms with van der Waals surface area (Å²) in [5.41, 5.74) is -0.335. The van der Waals surface area contributed by atoms with Crippen LogP contribution in [-0.2, 0) is 9.59 Å². The quantitative estimate of drug-likeness (QED) is 0.654. The summed E-state index contributed by atoms with van der Waals surface area (Å²) in [6.45, 7) is 7.80. The van der Waals surface area contributed by atoms with Gasteiger partial charge in [0.15, 0.2) is 0 Å². The van der Waals surface area contributed by atoms with Crippen LogP contribution in [0.3, 0.4) is 0 Å². The lowest BCUT2D eigenvalue weighted by molar-refractivity contribution is -0.135. The number of carbonyl (C=O) groups excluding carboxylic acids is 2. The fraction of sp³-hybridized carbons (Fsp3) is 0.867. The van der Waals surface area contributed by atoms with E-state index in [1.807, 2.05) is 0 Å². The topological polar surface area (TPSA) is 70.2 Å². The zero-order valence-electron chi connectivity index (χ0n) is 13.2. The second-order valence-corrected chi connectivity index (χ2v) is 6.23. The minimum atomic E-state index is -0.429.